The summed E-state index contributed by atoms with van der Waals surface area (Å²) in [5, 5.41) is 8.55. The minimum Gasteiger partial charge on any atom is -0.464 e. The van der Waals surface area contributed by atoms with E-state index >= 15 is 0 Å². The zero-order valence-electron chi connectivity index (χ0n) is 10.4. The van der Waals surface area contributed by atoms with E-state index in [0.29, 0.717) is 12.5 Å². The lowest BCUT2D eigenvalue weighted by atomic mass is 9.78. The molecule has 1 unspecified atom stereocenters. The first kappa shape index (κ1) is 14.4. The van der Waals surface area contributed by atoms with Gasteiger partial charge in [-0.25, -0.2) is 4.79 Å². The van der Waals surface area contributed by atoms with Crippen molar-refractivity contribution in [3.63, 3.8) is 0 Å². The summed E-state index contributed by atoms with van der Waals surface area (Å²) in [7, 11) is 0. The number of aliphatic hydroxyl groups excluding tert-OH is 1. The van der Waals surface area contributed by atoms with Crippen molar-refractivity contribution in [1.29, 1.82) is 0 Å². The highest BCUT2D eigenvalue weighted by Crippen LogP contribution is 2.30. The van der Waals surface area contributed by atoms with Crippen LogP contribution in [0.4, 0.5) is 0 Å². The topological polar surface area (TPSA) is 46.5 Å². The first-order valence-electron chi connectivity index (χ1n) is 5.68. The van der Waals surface area contributed by atoms with Gasteiger partial charge in [-0.05, 0) is 17.8 Å². The fraction of sp³-hybridized carbons (Fsp3) is 0.917. The van der Waals surface area contributed by atoms with Gasteiger partial charge in [0.1, 0.15) is 6.61 Å². The second-order valence-electron chi connectivity index (χ2n) is 5.05. The van der Waals surface area contributed by atoms with E-state index in [1.54, 1.807) is 0 Å². The molecule has 0 radical (unpaired) electrons. The van der Waals surface area contributed by atoms with Crippen molar-refractivity contribution < 1.29 is 14.6 Å². The number of hydrogen-bond acceptors (Lipinski definition) is 3. The molecule has 3 heteroatoms. The Balaban J connectivity index is 4.07. The molecular weight excluding hydrogens is 192 g/mol. The highest BCUT2D eigenvalue weighted by molar-refractivity contribution is 5.70. The third kappa shape index (κ3) is 6.50. The number of rotatable bonds is 6. The summed E-state index contributed by atoms with van der Waals surface area (Å²) >= 11 is 0. The Hall–Kier alpha value is -0.570. The second kappa shape index (κ2) is 6.83. The van der Waals surface area contributed by atoms with Crippen LogP contribution in [0.25, 0.3) is 0 Å². The molecule has 0 amide bonds. The van der Waals surface area contributed by atoms with Gasteiger partial charge in [0.25, 0.3) is 0 Å². The second-order valence-corrected chi connectivity index (χ2v) is 5.05. The molecule has 1 N–H and O–H groups in total. The average molecular weight is 216 g/mol. The van der Waals surface area contributed by atoms with Crippen LogP contribution in [0, 0.1) is 11.3 Å². The molecule has 0 rings (SSSR count). The summed E-state index contributed by atoms with van der Waals surface area (Å²) in [6, 6.07) is 0. The molecule has 15 heavy (non-hydrogen) atoms. The highest BCUT2D eigenvalue weighted by Gasteiger charge is 2.25. The Morgan fingerprint density at radius 1 is 1.40 bits per heavy atom. The predicted octanol–water partition coefficient (Wildman–Crippen LogP) is 2.37. The van der Waals surface area contributed by atoms with Crippen molar-refractivity contribution in [2.45, 2.75) is 47.0 Å². The minimum absolute atomic E-state index is 0.144. The lowest BCUT2D eigenvalue weighted by molar-refractivity contribution is -0.149. The van der Waals surface area contributed by atoms with Crippen molar-refractivity contribution in [2.24, 2.45) is 11.3 Å². The van der Waals surface area contributed by atoms with Gasteiger partial charge >= 0.3 is 5.97 Å². The third-order valence-electron chi connectivity index (χ3n) is 2.71. The molecule has 0 fully saturated rings. The molecule has 0 aliphatic rings. The summed E-state index contributed by atoms with van der Waals surface area (Å²) in [6.45, 7) is 8.51. The molecule has 0 spiro atoms. The number of unbranched alkanes of at least 4 members (excludes halogenated alkanes) is 1. The number of carbonyl (C=O) groups excluding carboxylic acids is 1. The molecule has 0 heterocycles. The predicted molar refractivity (Wildman–Crippen MR) is 60.5 cm³/mol. The van der Waals surface area contributed by atoms with Gasteiger partial charge < -0.3 is 9.84 Å². The Kier molecular flexibility index (Phi) is 6.57. The van der Waals surface area contributed by atoms with Gasteiger partial charge in [-0.1, -0.05) is 40.5 Å². The molecule has 90 valence electrons. The fourth-order valence-electron chi connectivity index (χ4n) is 1.46. The molecule has 0 bridgehead atoms. The van der Waals surface area contributed by atoms with E-state index in [-0.39, 0.29) is 5.41 Å². The first-order chi connectivity index (χ1) is 6.91. The molecule has 3 nitrogen and oxygen atoms in total. The van der Waals surface area contributed by atoms with Crippen LogP contribution in [0.1, 0.15) is 47.0 Å². The summed E-state index contributed by atoms with van der Waals surface area (Å²) in [6.07, 6.45) is 3.37. The van der Waals surface area contributed by atoms with Crippen LogP contribution >= 0.6 is 0 Å². The maximum atomic E-state index is 10.8. The summed E-state index contributed by atoms with van der Waals surface area (Å²) in [5.74, 6) is -0.159. The molecule has 0 aromatic heterocycles. The van der Waals surface area contributed by atoms with Gasteiger partial charge in [0.15, 0.2) is 0 Å². The monoisotopic (exact) mass is 216 g/mol. The Labute approximate surface area is 92.8 Å². The van der Waals surface area contributed by atoms with E-state index in [4.69, 9.17) is 9.84 Å². The molecule has 0 saturated carbocycles. The van der Waals surface area contributed by atoms with Crippen molar-refractivity contribution in [2.75, 3.05) is 13.2 Å². The molecule has 1 atom stereocenters. The van der Waals surface area contributed by atoms with Crippen molar-refractivity contribution in [1.82, 2.24) is 0 Å². The summed E-state index contributed by atoms with van der Waals surface area (Å²) in [5.41, 5.74) is 0.144. The molecule has 0 saturated heterocycles. The molecule has 0 aromatic carbocycles. The maximum Gasteiger partial charge on any atom is 0.331 e. The lowest BCUT2D eigenvalue weighted by Gasteiger charge is -2.30. The number of ether oxygens (including phenoxy) is 1. The van der Waals surface area contributed by atoms with E-state index in [0.717, 1.165) is 19.3 Å². The van der Waals surface area contributed by atoms with Crippen LogP contribution in [-0.2, 0) is 9.53 Å². The van der Waals surface area contributed by atoms with Crippen LogP contribution in [-0.4, -0.2) is 24.3 Å². The van der Waals surface area contributed by atoms with E-state index in [1.807, 2.05) is 0 Å². The third-order valence-corrected chi connectivity index (χ3v) is 2.71. The van der Waals surface area contributed by atoms with Crippen LogP contribution in [0.3, 0.4) is 0 Å². The van der Waals surface area contributed by atoms with Crippen LogP contribution in [0.5, 0.6) is 0 Å². The van der Waals surface area contributed by atoms with Crippen LogP contribution in [0.15, 0.2) is 0 Å². The normalized spacial score (nSPS) is 13.7. The molecular formula is C12H24O3. The Bertz CT molecular complexity index is 182. The van der Waals surface area contributed by atoms with Gasteiger partial charge in [-0.15, -0.1) is 0 Å². The van der Waals surface area contributed by atoms with Crippen molar-refractivity contribution in [3.05, 3.63) is 0 Å². The summed E-state index contributed by atoms with van der Waals surface area (Å²) < 4.78 is 4.99. The first-order valence-corrected chi connectivity index (χ1v) is 5.68. The zero-order chi connectivity index (χ0) is 11.9. The lowest BCUT2D eigenvalue weighted by Crippen LogP contribution is -2.27. The maximum absolute atomic E-state index is 10.8. The van der Waals surface area contributed by atoms with Crippen LogP contribution in [0.2, 0.25) is 0 Å². The highest BCUT2D eigenvalue weighted by atomic mass is 16.5. The van der Waals surface area contributed by atoms with Gasteiger partial charge in [0.2, 0.25) is 0 Å². The van der Waals surface area contributed by atoms with Crippen molar-refractivity contribution in [3.8, 4) is 0 Å². The van der Waals surface area contributed by atoms with Crippen molar-refractivity contribution >= 4 is 5.97 Å². The largest absolute Gasteiger partial charge is 0.464 e. The van der Waals surface area contributed by atoms with E-state index in [9.17, 15) is 4.79 Å². The number of esters is 1. The minimum atomic E-state index is -0.527. The Morgan fingerprint density at radius 3 is 2.40 bits per heavy atom. The van der Waals surface area contributed by atoms with E-state index in [2.05, 4.69) is 27.7 Å². The van der Waals surface area contributed by atoms with Gasteiger partial charge in [-0.3, -0.25) is 0 Å². The smallest absolute Gasteiger partial charge is 0.331 e. The Morgan fingerprint density at radius 2 is 2.00 bits per heavy atom. The zero-order valence-corrected chi connectivity index (χ0v) is 10.4. The van der Waals surface area contributed by atoms with Gasteiger partial charge in [-0.2, -0.15) is 0 Å². The number of carbonyl (C=O) groups is 1. The van der Waals surface area contributed by atoms with Gasteiger partial charge in [0, 0.05) is 0 Å². The van der Waals surface area contributed by atoms with E-state index in [1.165, 1.54) is 0 Å². The number of hydrogen-bond donors (Lipinski definition) is 1. The molecule has 0 aromatic rings. The molecule has 0 aliphatic carbocycles. The quantitative estimate of drug-likeness (QED) is 0.693. The van der Waals surface area contributed by atoms with Crippen LogP contribution < -0.4 is 0 Å². The number of aliphatic hydroxyl groups is 1. The van der Waals surface area contributed by atoms with Gasteiger partial charge in [0.05, 0.1) is 6.61 Å². The fourth-order valence-corrected chi connectivity index (χ4v) is 1.46. The summed E-state index contributed by atoms with van der Waals surface area (Å²) in [4.78, 5) is 10.8. The average Bonchev–Trinajstić information content (AvgIpc) is 2.15. The van der Waals surface area contributed by atoms with E-state index < -0.39 is 12.6 Å². The molecule has 0 aliphatic heterocycles. The SMILES string of the molecule is CCCCC(COC(=O)CO)C(C)(C)C. The standard InChI is InChI=1S/C12H24O3/c1-5-6-7-10(12(2,3)4)9-15-11(14)8-13/h10,13H,5-9H2,1-4H3.